The van der Waals surface area contributed by atoms with Gasteiger partial charge < -0.3 is 16.2 Å². The van der Waals surface area contributed by atoms with E-state index in [9.17, 15) is 0 Å². The summed E-state index contributed by atoms with van der Waals surface area (Å²) in [6, 6.07) is 5.54. The minimum Gasteiger partial charge on any atom is -0.493 e. The molecule has 0 radical (unpaired) electrons. The molecule has 0 aromatic carbocycles. The van der Waals surface area contributed by atoms with Gasteiger partial charge in [-0.3, -0.25) is 4.40 Å². The van der Waals surface area contributed by atoms with Gasteiger partial charge in [0.25, 0.3) is 0 Å². The third-order valence-electron chi connectivity index (χ3n) is 4.21. The summed E-state index contributed by atoms with van der Waals surface area (Å²) in [4.78, 5) is 17.1. The molecule has 0 atom stereocenters. The number of nitrogen functional groups attached to an aromatic ring is 2. The lowest BCUT2D eigenvalue weighted by Crippen LogP contribution is -2.00. The lowest BCUT2D eigenvalue weighted by atomic mass is 10.1. The van der Waals surface area contributed by atoms with Gasteiger partial charge in [-0.1, -0.05) is 13.3 Å². The fraction of sp³-hybridized carbons (Fsp3) is 0.222. The van der Waals surface area contributed by atoms with Crippen LogP contribution >= 0.6 is 0 Å². The van der Waals surface area contributed by atoms with Crippen molar-refractivity contribution < 1.29 is 4.74 Å². The van der Waals surface area contributed by atoms with Crippen LogP contribution in [-0.2, 0) is 0 Å². The molecule has 0 spiro atoms. The SMILES string of the molecule is CCCCOc1ccnc2c1c(-c1ccnc(N)n1)c1ccnc(N)n12. The minimum atomic E-state index is 0.203. The van der Waals surface area contributed by atoms with E-state index in [1.165, 1.54) is 0 Å². The standard InChI is InChI=1S/C18H19N7O/c1-2-3-10-26-13-6-9-21-16-15(13)14(11-4-7-22-17(19)24-11)12-5-8-23-18(20)25(12)16/h4-9H,2-3,10H2,1H3,(H2,20,23)(H2,19,22,24). The van der Waals surface area contributed by atoms with Crippen LogP contribution in [0.4, 0.5) is 11.9 Å². The molecule has 4 aromatic rings. The van der Waals surface area contributed by atoms with Gasteiger partial charge in [-0.05, 0) is 24.6 Å². The summed E-state index contributed by atoms with van der Waals surface area (Å²) >= 11 is 0. The van der Waals surface area contributed by atoms with Crippen molar-refractivity contribution in [2.24, 2.45) is 0 Å². The Hall–Kier alpha value is -3.42. The first-order valence-electron chi connectivity index (χ1n) is 8.46. The zero-order chi connectivity index (χ0) is 18.1. The summed E-state index contributed by atoms with van der Waals surface area (Å²) in [5.41, 5.74) is 15.0. The summed E-state index contributed by atoms with van der Waals surface area (Å²) in [7, 11) is 0. The molecule has 0 aliphatic heterocycles. The Labute approximate surface area is 149 Å². The number of aromatic nitrogens is 5. The normalized spacial score (nSPS) is 11.3. The van der Waals surface area contributed by atoms with Gasteiger partial charge in [-0.25, -0.2) is 19.9 Å². The number of pyridine rings is 1. The van der Waals surface area contributed by atoms with E-state index in [-0.39, 0.29) is 5.95 Å². The second-order valence-electron chi connectivity index (χ2n) is 5.91. The first-order chi connectivity index (χ1) is 12.7. The largest absolute Gasteiger partial charge is 0.493 e. The molecule has 0 unspecified atom stereocenters. The molecule has 26 heavy (non-hydrogen) atoms. The van der Waals surface area contributed by atoms with Crippen molar-refractivity contribution in [1.29, 1.82) is 0 Å². The Morgan fingerprint density at radius 1 is 1.04 bits per heavy atom. The number of hydrogen-bond donors (Lipinski definition) is 2. The molecule has 132 valence electrons. The average Bonchev–Trinajstić information content (AvgIpc) is 2.98. The van der Waals surface area contributed by atoms with Gasteiger partial charge in [0.05, 0.1) is 23.2 Å². The van der Waals surface area contributed by atoms with E-state index in [1.807, 2.05) is 18.2 Å². The van der Waals surface area contributed by atoms with Crippen LogP contribution in [0.1, 0.15) is 19.8 Å². The zero-order valence-corrected chi connectivity index (χ0v) is 14.4. The van der Waals surface area contributed by atoms with Crippen LogP contribution in [0.3, 0.4) is 0 Å². The number of fused-ring (bicyclic) bond motifs is 3. The Bertz CT molecular complexity index is 1090. The van der Waals surface area contributed by atoms with Crippen molar-refractivity contribution in [3.63, 3.8) is 0 Å². The van der Waals surface area contributed by atoms with E-state index in [0.29, 0.717) is 23.9 Å². The number of rotatable bonds is 5. The molecule has 4 aromatic heterocycles. The Morgan fingerprint density at radius 2 is 1.85 bits per heavy atom. The van der Waals surface area contributed by atoms with Crippen LogP contribution in [0.25, 0.3) is 27.8 Å². The zero-order valence-electron chi connectivity index (χ0n) is 14.4. The highest BCUT2D eigenvalue weighted by atomic mass is 16.5. The van der Waals surface area contributed by atoms with Gasteiger partial charge in [0.1, 0.15) is 5.75 Å². The van der Waals surface area contributed by atoms with Crippen LogP contribution in [0.15, 0.2) is 36.8 Å². The second kappa shape index (κ2) is 6.47. The second-order valence-corrected chi connectivity index (χ2v) is 5.91. The molecular weight excluding hydrogens is 330 g/mol. The van der Waals surface area contributed by atoms with Crippen molar-refractivity contribution in [3.8, 4) is 17.0 Å². The van der Waals surface area contributed by atoms with Crippen LogP contribution in [-0.4, -0.2) is 30.9 Å². The fourth-order valence-corrected chi connectivity index (χ4v) is 3.04. The highest BCUT2D eigenvalue weighted by Crippen LogP contribution is 2.39. The van der Waals surface area contributed by atoms with Crippen LogP contribution in [0.2, 0.25) is 0 Å². The molecule has 0 saturated heterocycles. The van der Waals surface area contributed by atoms with E-state index in [2.05, 4.69) is 26.9 Å². The van der Waals surface area contributed by atoms with Gasteiger partial charge in [0.2, 0.25) is 11.9 Å². The van der Waals surface area contributed by atoms with Crippen molar-refractivity contribution in [3.05, 3.63) is 36.8 Å². The van der Waals surface area contributed by atoms with Gasteiger partial charge in [-0.2, -0.15) is 0 Å². The number of ether oxygens (including phenoxy) is 1. The average molecular weight is 349 g/mol. The van der Waals surface area contributed by atoms with Crippen molar-refractivity contribution in [2.75, 3.05) is 18.1 Å². The molecule has 0 bridgehead atoms. The summed E-state index contributed by atoms with van der Waals surface area (Å²) in [5, 5.41) is 0.835. The first kappa shape index (κ1) is 16.1. The van der Waals surface area contributed by atoms with E-state index in [4.69, 9.17) is 16.2 Å². The van der Waals surface area contributed by atoms with Gasteiger partial charge in [-0.15, -0.1) is 0 Å². The molecule has 0 aliphatic carbocycles. The number of anilines is 2. The molecular formula is C18H19N7O. The van der Waals surface area contributed by atoms with E-state index in [1.54, 1.807) is 23.0 Å². The first-order valence-corrected chi connectivity index (χ1v) is 8.46. The Morgan fingerprint density at radius 3 is 2.65 bits per heavy atom. The van der Waals surface area contributed by atoms with Crippen molar-refractivity contribution in [2.45, 2.75) is 19.8 Å². The number of unbranched alkanes of at least 4 members (excludes halogenated alkanes) is 1. The Balaban J connectivity index is 2.07. The number of hydrogen-bond acceptors (Lipinski definition) is 7. The Kier molecular flexibility index (Phi) is 4.00. The van der Waals surface area contributed by atoms with Crippen LogP contribution < -0.4 is 16.2 Å². The minimum absolute atomic E-state index is 0.203. The van der Waals surface area contributed by atoms with Crippen LogP contribution in [0.5, 0.6) is 5.75 Å². The summed E-state index contributed by atoms with van der Waals surface area (Å²) in [5.74, 6) is 1.28. The molecule has 0 saturated carbocycles. The number of nitrogens with two attached hydrogens (primary N) is 2. The molecule has 4 heterocycles. The van der Waals surface area contributed by atoms with E-state index >= 15 is 0 Å². The lowest BCUT2D eigenvalue weighted by molar-refractivity contribution is 0.313. The highest BCUT2D eigenvalue weighted by molar-refractivity contribution is 6.07. The molecule has 8 nitrogen and oxygen atoms in total. The van der Waals surface area contributed by atoms with Gasteiger partial charge in [0.15, 0.2) is 5.65 Å². The third kappa shape index (κ3) is 2.55. The molecule has 0 aliphatic rings. The van der Waals surface area contributed by atoms with Crippen molar-refractivity contribution in [1.82, 2.24) is 24.3 Å². The molecule has 8 heteroatoms. The molecule has 0 amide bonds. The van der Waals surface area contributed by atoms with Gasteiger partial charge in [0, 0.05) is 24.2 Å². The maximum atomic E-state index is 6.13. The van der Waals surface area contributed by atoms with E-state index in [0.717, 1.165) is 35.1 Å². The maximum absolute atomic E-state index is 6.13. The fourth-order valence-electron chi connectivity index (χ4n) is 3.04. The third-order valence-corrected chi connectivity index (χ3v) is 4.21. The topological polar surface area (TPSA) is 117 Å². The molecule has 4 rings (SSSR count). The number of nitrogens with zero attached hydrogens (tertiary/aromatic N) is 5. The summed E-state index contributed by atoms with van der Waals surface area (Å²) in [6.07, 6.45) is 7.02. The predicted molar refractivity (Wildman–Crippen MR) is 101 cm³/mol. The molecule has 4 N–H and O–H groups in total. The van der Waals surface area contributed by atoms with E-state index < -0.39 is 0 Å². The van der Waals surface area contributed by atoms with Crippen molar-refractivity contribution >= 4 is 28.4 Å². The highest BCUT2D eigenvalue weighted by Gasteiger charge is 2.21. The predicted octanol–water partition coefficient (Wildman–Crippen LogP) is 2.68. The summed E-state index contributed by atoms with van der Waals surface area (Å²) < 4.78 is 7.83. The maximum Gasteiger partial charge on any atom is 0.220 e. The monoisotopic (exact) mass is 349 g/mol. The summed E-state index contributed by atoms with van der Waals surface area (Å²) in [6.45, 7) is 2.75. The lowest BCUT2D eigenvalue weighted by Gasteiger charge is -2.08. The smallest absolute Gasteiger partial charge is 0.220 e. The molecule has 0 fully saturated rings. The van der Waals surface area contributed by atoms with Crippen LogP contribution in [0, 0.1) is 0 Å². The van der Waals surface area contributed by atoms with Gasteiger partial charge >= 0.3 is 0 Å². The quantitative estimate of drug-likeness (QED) is 0.532.